The van der Waals surface area contributed by atoms with E-state index in [1.54, 1.807) is 6.20 Å². The molecule has 0 bridgehead atoms. The smallest absolute Gasteiger partial charge is 0.136 e. The number of hydrogen-bond acceptors (Lipinski definition) is 2. The molecule has 21 heavy (non-hydrogen) atoms. The van der Waals surface area contributed by atoms with E-state index in [4.69, 9.17) is 4.74 Å². The second-order valence-electron chi connectivity index (χ2n) is 5.08. The van der Waals surface area contributed by atoms with Gasteiger partial charge in [-0.1, -0.05) is 12.1 Å². The van der Waals surface area contributed by atoms with E-state index < -0.39 is 0 Å². The van der Waals surface area contributed by atoms with Gasteiger partial charge in [0.1, 0.15) is 11.5 Å². The lowest BCUT2D eigenvalue weighted by molar-refractivity contribution is 0.489. The molecule has 3 heteroatoms. The lowest BCUT2D eigenvalue weighted by atomic mass is 10.2. The molecule has 2 aromatic heterocycles. The van der Waals surface area contributed by atoms with Crippen LogP contribution < -0.4 is 4.74 Å². The van der Waals surface area contributed by atoms with E-state index in [9.17, 15) is 0 Å². The maximum Gasteiger partial charge on any atom is 0.136 e. The molecule has 4 rings (SSSR count). The quantitative estimate of drug-likeness (QED) is 0.537. The van der Waals surface area contributed by atoms with Gasteiger partial charge in [0.05, 0.1) is 11.0 Å². The molecule has 0 saturated carbocycles. The van der Waals surface area contributed by atoms with Crippen LogP contribution in [0.5, 0.6) is 11.5 Å². The van der Waals surface area contributed by atoms with Gasteiger partial charge in [-0.2, -0.15) is 0 Å². The number of ether oxygens (including phenoxy) is 1. The Morgan fingerprint density at radius 2 is 1.95 bits per heavy atom. The van der Waals surface area contributed by atoms with Crippen molar-refractivity contribution in [1.29, 1.82) is 0 Å². The Labute approximate surface area is 122 Å². The number of nitrogens with zero attached hydrogens (tertiary/aromatic N) is 2. The summed E-state index contributed by atoms with van der Waals surface area (Å²) in [6.45, 7) is 0. The van der Waals surface area contributed by atoms with Gasteiger partial charge in [-0.05, 0) is 42.5 Å². The summed E-state index contributed by atoms with van der Waals surface area (Å²) in [4.78, 5) is 4.32. The van der Waals surface area contributed by atoms with Gasteiger partial charge in [-0.15, -0.1) is 0 Å². The van der Waals surface area contributed by atoms with Crippen molar-refractivity contribution in [1.82, 2.24) is 9.55 Å². The van der Waals surface area contributed by atoms with Crippen molar-refractivity contribution in [3.63, 3.8) is 0 Å². The molecule has 3 nitrogen and oxygen atoms in total. The molecule has 0 fully saturated rings. The minimum atomic E-state index is 0.826. The van der Waals surface area contributed by atoms with Crippen molar-refractivity contribution in [3.05, 3.63) is 67.0 Å². The topological polar surface area (TPSA) is 27.1 Å². The SMILES string of the molecule is Cn1ccc2c(Oc3ccc4ncccc4c3)cccc21. The van der Waals surface area contributed by atoms with E-state index in [2.05, 4.69) is 21.7 Å². The number of fused-ring (bicyclic) bond motifs is 2. The Morgan fingerprint density at radius 3 is 2.90 bits per heavy atom. The number of aryl methyl sites for hydroxylation is 1. The third-order valence-electron chi connectivity index (χ3n) is 3.69. The van der Waals surface area contributed by atoms with Crippen LogP contribution in [0.25, 0.3) is 21.8 Å². The summed E-state index contributed by atoms with van der Waals surface area (Å²) >= 11 is 0. The summed E-state index contributed by atoms with van der Waals surface area (Å²) in [5.41, 5.74) is 2.14. The molecular formula is C18H14N2O. The largest absolute Gasteiger partial charge is 0.457 e. The van der Waals surface area contributed by atoms with Gasteiger partial charge in [0, 0.05) is 30.2 Å². The molecule has 0 spiro atoms. The Hall–Kier alpha value is -2.81. The highest BCUT2D eigenvalue weighted by Crippen LogP contribution is 2.31. The molecule has 0 aliphatic heterocycles. The number of aromatic nitrogens is 2. The highest BCUT2D eigenvalue weighted by Gasteiger charge is 2.06. The molecule has 0 atom stereocenters. The predicted octanol–water partition coefficient (Wildman–Crippen LogP) is 4.52. The molecule has 2 heterocycles. The van der Waals surface area contributed by atoms with Crippen LogP contribution in [-0.4, -0.2) is 9.55 Å². The Balaban J connectivity index is 1.79. The fourth-order valence-corrected chi connectivity index (χ4v) is 2.61. The third-order valence-corrected chi connectivity index (χ3v) is 3.69. The average molecular weight is 274 g/mol. The zero-order valence-electron chi connectivity index (χ0n) is 11.7. The van der Waals surface area contributed by atoms with Gasteiger partial charge >= 0.3 is 0 Å². The monoisotopic (exact) mass is 274 g/mol. The third kappa shape index (κ3) is 2.03. The fourth-order valence-electron chi connectivity index (χ4n) is 2.61. The molecule has 4 aromatic rings. The van der Waals surface area contributed by atoms with Crippen molar-refractivity contribution in [2.24, 2.45) is 7.05 Å². The second kappa shape index (κ2) is 4.63. The fraction of sp³-hybridized carbons (Fsp3) is 0.0556. The molecule has 0 N–H and O–H groups in total. The van der Waals surface area contributed by atoms with E-state index in [-0.39, 0.29) is 0 Å². The number of hydrogen-bond donors (Lipinski definition) is 0. The van der Waals surface area contributed by atoms with Gasteiger partial charge in [0.25, 0.3) is 0 Å². The van der Waals surface area contributed by atoms with Crippen LogP contribution in [0.2, 0.25) is 0 Å². The summed E-state index contributed by atoms with van der Waals surface area (Å²) in [6, 6.07) is 18.1. The van der Waals surface area contributed by atoms with E-state index in [1.165, 1.54) is 0 Å². The molecule has 0 amide bonds. The summed E-state index contributed by atoms with van der Waals surface area (Å²) in [7, 11) is 2.04. The Bertz CT molecular complexity index is 940. The van der Waals surface area contributed by atoms with Crippen molar-refractivity contribution >= 4 is 21.8 Å². The lowest BCUT2D eigenvalue weighted by Crippen LogP contribution is -1.87. The molecule has 102 valence electrons. The minimum Gasteiger partial charge on any atom is -0.457 e. The number of pyridine rings is 1. The highest BCUT2D eigenvalue weighted by atomic mass is 16.5. The van der Waals surface area contributed by atoms with Crippen molar-refractivity contribution in [3.8, 4) is 11.5 Å². The number of rotatable bonds is 2. The summed E-state index contributed by atoms with van der Waals surface area (Å²) < 4.78 is 8.16. The van der Waals surface area contributed by atoms with Crippen LogP contribution in [-0.2, 0) is 7.05 Å². The number of benzene rings is 2. The maximum atomic E-state index is 6.07. The Morgan fingerprint density at radius 1 is 1.00 bits per heavy atom. The first-order valence-corrected chi connectivity index (χ1v) is 6.88. The minimum absolute atomic E-state index is 0.826. The van der Waals surface area contributed by atoms with Crippen LogP contribution in [0, 0.1) is 0 Å². The second-order valence-corrected chi connectivity index (χ2v) is 5.08. The molecule has 0 aliphatic carbocycles. The van der Waals surface area contributed by atoms with Crippen LogP contribution >= 0.6 is 0 Å². The molecular weight excluding hydrogens is 260 g/mol. The van der Waals surface area contributed by atoms with Gasteiger partial charge in [-0.25, -0.2) is 0 Å². The molecule has 0 unspecified atom stereocenters. The van der Waals surface area contributed by atoms with Crippen LogP contribution in [0.1, 0.15) is 0 Å². The lowest BCUT2D eigenvalue weighted by Gasteiger charge is -2.08. The summed E-state index contributed by atoms with van der Waals surface area (Å²) in [5, 5.41) is 2.20. The molecule has 0 aliphatic rings. The van der Waals surface area contributed by atoms with E-state index in [1.807, 2.05) is 55.7 Å². The molecule has 2 aromatic carbocycles. The highest BCUT2D eigenvalue weighted by molar-refractivity contribution is 5.87. The van der Waals surface area contributed by atoms with Gasteiger partial charge in [0.2, 0.25) is 0 Å². The van der Waals surface area contributed by atoms with Crippen molar-refractivity contribution < 1.29 is 4.74 Å². The van der Waals surface area contributed by atoms with Gasteiger partial charge < -0.3 is 9.30 Å². The van der Waals surface area contributed by atoms with Crippen molar-refractivity contribution in [2.45, 2.75) is 0 Å². The van der Waals surface area contributed by atoms with E-state index in [0.29, 0.717) is 0 Å². The summed E-state index contributed by atoms with van der Waals surface area (Å²) in [5.74, 6) is 1.70. The zero-order chi connectivity index (χ0) is 14.2. The van der Waals surface area contributed by atoms with E-state index in [0.717, 1.165) is 33.3 Å². The van der Waals surface area contributed by atoms with Gasteiger partial charge in [0.15, 0.2) is 0 Å². The zero-order valence-corrected chi connectivity index (χ0v) is 11.7. The first-order valence-electron chi connectivity index (χ1n) is 6.88. The Kier molecular flexibility index (Phi) is 2.64. The molecule has 0 saturated heterocycles. The van der Waals surface area contributed by atoms with Crippen molar-refractivity contribution in [2.75, 3.05) is 0 Å². The molecule has 0 radical (unpaired) electrons. The maximum absolute atomic E-state index is 6.07. The van der Waals surface area contributed by atoms with Gasteiger partial charge in [-0.3, -0.25) is 4.98 Å². The van der Waals surface area contributed by atoms with Crippen LogP contribution in [0.4, 0.5) is 0 Å². The van der Waals surface area contributed by atoms with Crippen LogP contribution in [0.3, 0.4) is 0 Å². The normalized spacial score (nSPS) is 11.1. The first kappa shape index (κ1) is 12.0. The van der Waals surface area contributed by atoms with Crippen LogP contribution in [0.15, 0.2) is 67.0 Å². The van der Waals surface area contributed by atoms with E-state index >= 15 is 0 Å². The standard InChI is InChI=1S/C18H14N2O/c1-20-11-9-15-17(20)5-2-6-18(15)21-14-7-8-16-13(12-14)4-3-10-19-16/h2-12H,1H3. The first-order chi connectivity index (χ1) is 10.3. The average Bonchev–Trinajstić information content (AvgIpc) is 2.90. The summed E-state index contributed by atoms with van der Waals surface area (Å²) in [6.07, 6.45) is 3.84. The predicted molar refractivity (Wildman–Crippen MR) is 84.7 cm³/mol.